The molecule has 2 aromatic carbocycles. The average molecular weight is 412 g/mol. The van der Waals surface area contributed by atoms with E-state index in [9.17, 15) is 14.7 Å². The summed E-state index contributed by atoms with van der Waals surface area (Å²) in [5.74, 6) is -1.20. The second-order valence-electron chi connectivity index (χ2n) is 8.26. The summed E-state index contributed by atoms with van der Waals surface area (Å²) < 4.78 is 5.42. The third-order valence-corrected chi connectivity index (χ3v) is 4.85. The smallest absolute Gasteiger partial charge is 0.407 e. The number of aliphatic carboxylic acids is 1. The number of hydroxylamine groups is 1. The Balaban J connectivity index is 1.56. The molecule has 0 bridgehead atoms. The summed E-state index contributed by atoms with van der Waals surface area (Å²) in [6, 6.07) is 15.0. The second-order valence-corrected chi connectivity index (χ2v) is 8.26. The van der Waals surface area contributed by atoms with E-state index in [1.807, 2.05) is 57.2 Å². The number of carboxylic acid groups (broad SMARTS) is 1. The number of nitrogens with one attached hydrogen (secondary N) is 2. The molecular weight excluding hydrogens is 384 g/mol. The van der Waals surface area contributed by atoms with Crippen molar-refractivity contribution in [3.05, 3.63) is 59.7 Å². The molecule has 3 N–H and O–H groups in total. The Morgan fingerprint density at radius 2 is 1.60 bits per heavy atom. The van der Waals surface area contributed by atoms with Crippen molar-refractivity contribution in [2.75, 3.05) is 13.2 Å². The van der Waals surface area contributed by atoms with Gasteiger partial charge >= 0.3 is 12.1 Å². The van der Waals surface area contributed by atoms with Crippen molar-refractivity contribution in [2.24, 2.45) is 0 Å². The molecule has 2 aromatic rings. The Hall–Kier alpha value is -2.90. The molecule has 0 saturated carbocycles. The number of fused-ring (bicyclic) bond motifs is 3. The fraction of sp³-hybridized carbons (Fsp3) is 0.391. The Kier molecular flexibility index (Phi) is 6.74. The number of carbonyl (C=O) groups is 2. The van der Waals surface area contributed by atoms with E-state index in [4.69, 9.17) is 9.57 Å². The second kappa shape index (κ2) is 9.28. The van der Waals surface area contributed by atoms with Crippen LogP contribution in [0.4, 0.5) is 4.79 Å². The standard InChI is InChI=1S/C23H28N2O5/c1-23(2,3)30-24-13-12-20(21(26)27)25-22(28)29-14-19-17-10-6-4-8-15(17)16-9-5-7-11-18(16)19/h4-11,19-20,24H,12-14H2,1-3H3,(H,25,28)(H,26,27)/t20-/m0/s1. The molecule has 0 aliphatic heterocycles. The first-order valence-electron chi connectivity index (χ1n) is 10.0. The van der Waals surface area contributed by atoms with Crippen LogP contribution in [0.15, 0.2) is 48.5 Å². The van der Waals surface area contributed by atoms with Crippen molar-refractivity contribution in [3.8, 4) is 11.1 Å². The number of ether oxygens (including phenoxy) is 1. The van der Waals surface area contributed by atoms with Crippen LogP contribution < -0.4 is 10.8 Å². The molecule has 0 spiro atoms. The first kappa shape index (κ1) is 21.8. The van der Waals surface area contributed by atoms with Crippen molar-refractivity contribution in [1.82, 2.24) is 10.8 Å². The van der Waals surface area contributed by atoms with Crippen LogP contribution in [0.2, 0.25) is 0 Å². The highest BCUT2D eigenvalue weighted by Crippen LogP contribution is 2.44. The minimum atomic E-state index is -1.12. The van der Waals surface area contributed by atoms with Crippen LogP contribution in [0, 0.1) is 0 Å². The average Bonchev–Trinajstić information content (AvgIpc) is 3.01. The topological polar surface area (TPSA) is 96.9 Å². The SMILES string of the molecule is CC(C)(C)ONCC[C@H](NC(=O)OCC1c2ccccc2-c2ccccc21)C(=O)O. The van der Waals surface area contributed by atoms with Crippen LogP contribution in [-0.2, 0) is 14.4 Å². The van der Waals surface area contributed by atoms with Crippen LogP contribution in [-0.4, -0.2) is 42.0 Å². The zero-order valence-corrected chi connectivity index (χ0v) is 17.5. The lowest BCUT2D eigenvalue weighted by Crippen LogP contribution is -2.43. The van der Waals surface area contributed by atoms with E-state index in [0.29, 0.717) is 0 Å². The van der Waals surface area contributed by atoms with E-state index >= 15 is 0 Å². The highest BCUT2D eigenvalue weighted by atomic mass is 16.7. The van der Waals surface area contributed by atoms with Crippen molar-refractivity contribution in [2.45, 2.75) is 44.8 Å². The molecule has 3 rings (SSSR count). The molecule has 0 saturated heterocycles. The van der Waals surface area contributed by atoms with Gasteiger partial charge in [0, 0.05) is 12.5 Å². The lowest BCUT2D eigenvalue weighted by Gasteiger charge is -2.21. The van der Waals surface area contributed by atoms with Gasteiger partial charge in [-0.3, -0.25) is 4.84 Å². The molecule has 160 valence electrons. The largest absolute Gasteiger partial charge is 0.480 e. The van der Waals surface area contributed by atoms with Gasteiger partial charge in [-0.1, -0.05) is 48.5 Å². The lowest BCUT2D eigenvalue weighted by atomic mass is 9.98. The van der Waals surface area contributed by atoms with Crippen molar-refractivity contribution >= 4 is 12.1 Å². The van der Waals surface area contributed by atoms with Gasteiger partial charge in [0.25, 0.3) is 0 Å². The summed E-state index contributed by atoms with van der Waals surface area (Å²) in [7, 11) is 0. The van der Waals surface area contributed by atoms with E-state index in [0.717, 1.165) is 22.3 Å². The number of benzene rings is 2. The predicted molar refractivity (Wildman–Crippen MR) is 113 cm³/mol. The van der Waals surface area contributed by atoms with Gasteiger partial charge in [-0.2, -0.15) is 0 Å². The van der Waals surface area contributed by atoms with E-state index < -0.39 is 18.1 Å². The molecule has 30 heavy (non-hydrogen) atoms. The maximum atomic E-state index is 12.3. The fourth-order valence-corrected chi connectivity index (χ4v) is 3.51. The summed E-state index contributed by atoms with van der Waals surface area (Å²) in [4.78, 5) is 29.1. The number of alkyl carbamates (subject to hydrolysis) is 1. The van der Waals surface area contributed by atoms with E-state index in [2.05, 4.69) is 22.9 Å². The number of amides is 1. The number of hydrogen-bond acceptors (Lipinski definition) is 5. The van der Waals surface area contributed by atoms with Crippen LogP contribution in [0.3, 0.4) is 0 Å². The molecule has 1 aliphatic carbocycles. The monoisotopic (exact) mass is 412 g/mol. The lowest BCUT2D eigenvalue weighted by molar-refractivity contribution is -0.139. The minimum absolute atomic E-state index is 0.0757. The molecular formula is C23H28N2O5. The number of rotatable bonds is 8. The van der Waals surface area contributed by atoms with Crippen molar-refractivity contribution in [3.63, 3.8) is 0 Å². The van der Waals surface area contributed by atoms with Gasteiger partial charge in [0.15, 0.2) is 0 Å². The maximum Gasteiger partial charge on any atom is 0.407 e. The Morgan fingerprint density at radius 1 is 1.03 bits per heavy atom. The van der Waals surface area contributed by atoms with Gasteiger partial charge in [-0.25, -0.2) is 15.1 Å². The van der Waals surface area contributed by atoms with Crippen molar-refractivity contribution < 1.29 is 24.3 Å². The predicted octanol–water partition coefficient (Wildman–Crippen LogP) is 3.69. The summed E-state index contributed by atoms with van der Waals surface area (Å²) in [6.45, 7) is 6.05. The molecule has 0 heterocycles. The number of carbonyl (C=O) groups excluding carboxylic acids is 1. The van der Waals surface area contributed by atoms with Gasteiger partial charge in [-0.05, 0) is 49.4 Å². The van der Waals surface area contributed by atoms with Gasteiger partial charge in [0.1, 0.15) is 12.6 Å². The maximum absolute atomic E-state index is 12.3. The number of hydrogen-bond donors (Lipinski definition) is 3. The zero-order chi connectivity index (χ0) is 21.7. The highest BCUT2D eigenvalue weighted by molar-refractivity contribution is 5.81. The van der Waals surface area contributed by atoms with E-state index in [1.165, 1.54) is 0 Å². The molecule has 7 heteroatoms. The Labute approximate surface area is 176 Å². The van der Waals surface area contributed by atoms with Gasteiger partial charge in [-0.15, -0.1) is 0 Å². The normalized spacial score (nSPS) is 14.0. The van der Waals surface area contributed by atoms with Crippen LogP contribution >= 0.6 is 0 Å². The molecule has 1 atom stereocenters. The molecule has 0 fully saturated rings. The van der Waals surface area contributed by atoms with Gasteiger partial charge in [0.2, 0.25) is 0 Å². The van der Waals surface area contributed by atoms with Crippen molar-refractivity contribution in [1.29, 1.82) is 0 Å². The third-order valence-electron chi connectivity index (χ3n) is 4.85. The zero-order valence-electron chi connectivity index (χ0n) is 17.5. The molecule has 1 aliphatic rings. The summed E-state index contributed by atoms with van der Waals surface area (Å²) in [5, 5.41) is 11.8. The summed E-state index contributed by atoms with van der Waals surface area (Å²) in [6.07, 6.45) is -0.587. The third kappa shape index (κ3) is 5.37. The quantitative estimate of drug-likeness (QED) is 0.452. The highest BCUT2D eigenvalue weighted by Gasteiger charge is 2.29. The fourth-order valence-electron chi connectivity index (χ4n) is 3.51. The minimum Gasteiger partial charge on any atom is -0.480 e. The molecule has 7 nitrogen and oxygen atoms in total. The van der Waals surface area contributed by atoms with Crippen LogP contribution in [0.5, 0.6) is 0 Å². The molecule has 0 unspecified atom stereocenters. The van der Waals surface area contributed by atoms with E-state index in [1.54, 1.807) is 0 Å². The van der Waals surface area contributed by atoms with Crippen LogP contribution in [0.1, 0.15) is 44.2 Å². The Bertz CT molecular complexity index is 861. The Morgan fingerprint density at radius 3 is 2.13 bits per heavy atom. The molecule has 0 radical (unpaired) electrons. The summed E-state index contributed by atoms with van der Waals surface area (Å²) in [5.41, 5.74) is 6.81. The molecule has 1 amide bonds. The first-order chi connectivity index (χ1) is 14.3. The first-order valence-corrected chi connectivity index (χ1v) is 10.0. The van der Waals surface area contributed by atoms with Gasteiger partial charge in [0.05, 0.1) is 5.60 Å². The van der Waals surface area contributed by atoms with Gasteiger partial charge < -0.3 is 15.2 Å². The van der Waals surface area contributed by atoms with Crippen LogP contribution in [0.25, 0.3) is 11.1 Å². The van der Waals surface area contributed by atoms with E-state index in [-0.39, 0.29) is 31.1 Å². The number of carboxylic acids is 1. The summed E-state index contributed by atoms with van der Waals surface area (Å²) >= 11 is 0. The molecule has 0 aromatic heterocycles.